The highest BCUT2D eigenvalue weighted by Crippen LogP contribution is 2.23. The molecule has 0 bridgehead atoms. The molecular formula is C16H19BrFN3OS. The molecule has 0 atom stereocenters. The second-order valence-corrected chi connectivity index (χ2v) is 7.59. The number of guanidine groups is 1. The number of hydrogen-bond acceptors (Lipinski definition) is 3. The second kappa shape index (κ2) is 8.42. The molecule has 0 amide bonds. The Morgan fingerprint density at radius 3 is 2.78 bits per heavy atom. The molecule has 4 nitrogen and oxygen atoms in total. The molecule has 0 aliphatic rings. The van der Waals surface area contributed by atoms with Gasteiger partial charge in [-0.05, 0) is 45.8 Å². The van der Waals surface area contributed by atoms with Gasteiger partial charge in [0.2, 0.25) is 0 Å². The molecule has 0 fully saturated rings. The number of nitrogens with zero attached hydrogens (tertiary/aromatic N) is 2. The van der Waals surface area contributed by atoms with E-state index in [0.717, 1.165) is 21.9 Å². The molecule has 2 rings (SSSR count). The smallest absolute Gasteiger partial charge is 0.193 e. The first-order valence-corrected chi connectivity index (χ1v) is 8.68. The zero-order valence-electron chi connectivity index (χ0n) is 13.0. The lowest BCUT2D eigenvalue weighted by Crippen LogP contribution is -2.37. The number of hydrogen-bond donors (Lipinski definition) is 2. The SMILES string of the molecule is CN=C(NCc1ccc(F)c(CO)c1)N(C)Cc1ccc(Br)s1. The highest BCUT2D eigenvalue weighted by molar-refractivity contribution is 9.11. The molecule has 0 unspecified atom stereocenters. The van der Waals surface area contributed by atoms with Gasteiger partial charge in [0.15, 0.2) is 5.96 Å². The van der Waals surface area contributed by atoms with Crippen LogP contribution in [0.25, 0.3) is 0 Å². The molecule has 23 heavy (non-hydrogen) atoms. The molecule has 7 heteroatoms. The number of aliphatic hydroxyl groups is 1. The molecule has 1 heterocycles. The normalized spacial score (nSPS) is 11.6. The molecule has 0 saturated heterocycles. The monoisotopic (exact) mass is 399 g/mol. The average molecular weight is 400 g/mol. The fourth-order valence-electron chi connectivity index (χ4n) is 2.17. The maximum atomic E-state index is 13.4. The Labute approximate surface area is 147 Å². The van der Waals surface area contributed by atoms with Gasteiger partial charge in [-0.1, -0.05) is 6.07 Å². The summed E-state index contributed by atoms with van der Waals surface area (Å²) >= 11 is 5.15. The molecule has 0 aliphatic carbocycles. The van der Waals surface area contributed by atoms with Crippen LogP contribution >= 0.6 is 27.3 Å². The van der Waals surface area contributed by atoms with E-state index in [1.54, 1.807) is 30.5 Å². The third-order valence-corrected chi connectivity index (χ3v) is 4.93. The molecule has 0 aliphatic heterocycles. The first-order valence-electron chi connectivity index (χ1n) is 7.07. The Bertz CT molecular complexity index is 690. The standard InChI is InChI=1S/C16H19BrFN3OS/c1-19-16(21(2)9-13-4-6-15(17)23-13)20-8-11-3-5-14(18)12(7-11)10-22/h3-7,22H,8-10H2,1-2H3,(H,19,20). The van der Waals surface area contributed by atoms with Gasteiger partial charge in [-0.15, -0.1) is 11.3 Å². The number of nitrogens with one attached hydrogen (secondary N) is 1. The van der Waals surface area contributed by atoms with Crippen molar-refractivity contribution in [2.45, 2.75) is 19.7 Å². The van der Waals surface area contributed by atoms with Gasteiger partial charge in [0, 0.05) is 31.1 Å². The van der Waals surface area contributed by atoms with Crippen LogP contribution in [0.2, 0.25) is 0 Å². The van der Waals surface area contributed by atoms with E-state index in [1.807, 2.05) is 18.0 Å². The van der Waals surface area contributed by atoms with Crippen LogP contribution in [0.15, 0.2) is 39.1 Å². The molecule has 2 aromatic rings. The van der Waals surface area contributed by atoms with E-state index < -0.39 is 0 Å². The maximum Gasteiger partial charge on any atom is 0.193 e. The van der Waals surface area contributed by atoms with Gasteiger partial charge < -0.3 is 15.3 Å². The van der Waals surface area contributed by atoms with Crippen molar-refractivity contribution >= 4 is 33.2 Å². The lowest BCUT2D eigenvalue weighted by atomic mass is 10.1. The average Bonchev–Trinajstić information content (AvgIpc) is 2.94. The number of aliphatic hydroxyl groups excluding tert-OH is 1. The minimum Gasteiger partial charge on any atom is -0.392 e. The molecule has 1 aromatic carbocycles. The van der Waals surface area contributed by atoms with Gasteiger partial charge in [-0.2, -0.15) is 0 Å². The summed E-state index contributed by atoms with van der Waals surface area (Å²) in [5, 5.41) is 12.4. The summed E-state index contributed by atoms with van der Waals surface area (Å²) in [6.45, 7) is 0.960. The Hall–Kier alpha value is -1.44. The van der Waals surface area contributed by atoms with Crippen molar-refractivity contribution in [3.05, 3.63) is 55.9 Å². The van der Waals surface area contributed by atoms with E-state index in [1.165, 1.54) is 10.9 Å². The summed E-state index contributed by atoms with van der Waals surface area (Å²) in [4.78, 5) is 7.52. The van der Waals surface area contributed by atoms with Crippen molar-refractivity contribution in [2.24, 2.45) is 4.99 Å². The number of rotatable bonds is 5. The predicted octanol–water partition coefficient (Wildman–Crippen LogP) is 3.35. The van der Waals surface area contributed by atoms with Gasteiger partial charge in [-0.25, -0.2) is 4.39 Å². The van der Waals surface area contributed by atoms with Crippen LogP contribution in [0.3, 0.4) is 0 Å². The third kappa shape index (κ3) is 5.02. The van der Waals surface area contributed by atoms with Gasteiger partial charge >= 0.3 is 0 Å². The van der Waals surface area contributed by atoms with Gasteiger partial charge in [0.05, 0.1) is 16.9 Å². The van der Waals surface area contributed by atoms with Crippen molar-refractivity contribution in [3.8, 4) is 0 Å². The number of thiophene rings is 1. The third-order valence-electron chi connectivity index (χ3n) is 3.33. The Kier molecular flexibility index (Phi) is 6.56. The van der Waals surface area contributed by atoms with Crippen molar-refractivity contribution < 1.29 is 9.50 Å². The highest BCUT2D eigenvalue weighted by atomic mass is 79.9. The first kappa shape index (κ1) is 17.9. The fourth-order valence-corrected chi connectivity index (χ4v) is 3.71. The Morgan fingerprint density at radius 2 is 2.17 bits per heavy atom. The molecule has 0 saturated carbocycles. The zero-order valence-corrected chi connectivity index (χ0v) is 15.4. The first-order chi connectivity index (χ1) is 11.0. The van der Waals surface area contributed by atoms with Crippen LogP contribution in [-0.2, 0) is 19.7 Å². The summed E-state index contributed by atoms with van der Waals surface area (Å²) < 4.78 is 14.5. The summed E-state index contributed by atoms with van der Waals surface area (Å²) in [7, 11) is 3.69. The van der Waals surface area contributed by atoms with E-state index in [-0.39, 0.29) is 12.4 Å². The molecule has 0 radical (unpaired) electrons. The van der Waals surface area contributed by atoms with Gasteiger partial charge in [-0.3, -0.25) is 4.99 Å². The van der Waals surface area contributed by atoms with Crippen LogP contribution in [0.4, 0.5) is 4.39 Å². The second-order valence-electron chi connectivity index (χ2n) is 5.05. The van der Waals surface area contributed by atoms with Crippen LogP contribution in [0.5, 0.6) is 0 Å². The molecule has 2 N–H and O–H groups in total. The van der Waals surface area contributed by atoms with Crippen LogP contribution in [-0.4, -0.2) is 30.1 Å². The minimum atomic E-state index is -0.388. The topological polar surface area (TPSA) is 47.9 Å². The summed E-state index contributed by atoms with van der Waals surface area (Å²) in [5.41, 5.74) is 1.19. The molecular weight excluding hydrogens is 381 g/mol. The largest absolute Gasteiger partial charge is 0.392 e. The lowest BCUT2D eigenvalue weighted by molar-refractivity contribution is 0.275. The van der Waals surface area contributed by atoms with E-state index >= 15 is 0 Å². The Balaban J connectivity index is 1.97. The van der Waals surface area contributed by atoms with Crippen LogP contribution < -0.4 is 5.32 Å². The van der Waals surface area contributed by atoms with E-state index in [4.69, 9.17) is 5.11 Å². The summed E-state index contributed by atoms with van der Waals surface area (Å²) in [6, 6.07) is 8.83. The lowest BCUT2D eigenvalue weighted by Gasteiger charge is -2.21. The van der Waals surface area contributed by atoms with E-state index in [9.17, 15) is 4.39 Å². The predicted molar refractivity (Wildman–Crippen MR) is 96.0 cm³/mol. The summed E-state index contributed by atoms with van der Waals surface area (Å²) in [6.07, 6.45) is 0. The van der Waals surface area contributed by atoms with Crippen LogP contribution in [0, 0.1) is 5.82 Å². The van der Waals surface area contributed by atoms with E-state index in [0.29, 0.717) is 12.1 Å². The highest BCUT2D eigenvalue weighted by Gasteiger charge is 2.09. The van der Waals surface area contributed by atoms with Crippen molar-refractivity contribution in [1.29, 1.82) is 0 Å². The van der Waals surface area contributed by atoms with Crippen molar-refractivity contribution in [2.75, 3.05) is 14.1 Å². The van der Waals surface area contributed by atoms with E-state index in [2.05, 4.69) is 32.3 Å². The van der Waals surface area contributed by atoms with Crippen LogP contribution in [0.1, 0.15) is 16.0 Å². The molecule has 1 aromatic heterocycles. The van der Waals surface area contributed by atoms with Crippen molar-refractivity contribution in [1.82, 2.24) is 10.2 Å². The molecule has 0 spiro atoms. The van der Waals surface area contributed by atoms with Crippen molar-refractivity contribution in [3.63, 3.8) is 0 Å². The number of halogens is 2. The quantitative estimate of drug-likeness (QED) is 0.598. The van der Waals surface area contributed by atoms with Gasteiger partial charge in [0.1, 0.15) is 5.82 Å². The zero-order chi connectivity index (χ0) is 16.8. The number of aliphatic imine (C=N–C) groups is 1. The fraction of sp³-hybridized carbons (Fsp3) is 0.312. The number of benzene rings is 1. The maximum absolute atomic E-state index is 13.4. The van der Waals surface area contributed by atoms with Gasteiger partial charge in [0.25, 0.3) is 0 Å². The Morgan fingerprint density at radius 1 is 1.39 bits per heavy atom. The minimum absolute atomic E-state index is 0.302. The molecule has 124 valence electrons. The summed E-state index contributed by atoms with van der Waals surface area (Å²) in [5.74, 6) is 0.366.